The van der Waals surface area contributed by atoms with Gasteiger partial charge >= 0.3 is 12.2 Å². The molecule has 9 nitrogen and oxygen atoms in total. The third-order valence-corrected chi connectivity index (χ3v) is 5.57. The summed E-state index contributed by atoms with van der Waals surface area (Å²) in [5.41, 5.74) is 0.363. The minimum absolute atomic E-state index is 0.104. The molecule has 1 fully saturated rings. The van der Waals surface area contributed by atoms with E-state index in [0.717, 1.165) is 0 Å². The molecule has 0 unspecified atom stereocenters. The maximum atomic E-state index is 14.0. The number of benzene rings is 1. The number of halogens is 1. The molecule has 0 saturated carbocycles. The number of rotatable bonds is 2. The molecular weight excluding hydrogens is 479 g/mol. The van der Waals surface area contributed by atoms with Crippen molar-refractivity contribution in [2.45, 2.75) is 52.7 Å². The number of carbonyl (C=O) groups excluding carboxylic acids is 3. The third-order valence-electron chi connectivity index (χ3n) is 5.57. The first-order valence-corrected chi connectivity index (χ1v) is 12.0. The number of ether oxygens (including phenoxy) is 2. The summed E-state index contributed by atoms with van der Waals surface area (Å²) in [6, 6.07) is 7.71. The van der Waals surface area contributed by atoms with Gasteiger partial charge in [0.1, 0.15) is 29.4 Å². The molecule has 37 heavy (non-hydrogen) atoms. The van der Waals surface area contributed by atoms with Crippen molar-refractivity contribution < 1.29 is 28.2 Å². The molecule has 0 aliphatic carbocycles. The first-order valence-electron chi connectivity index (χ1n) is 12.0. The van der Waals surface area contributed by atoms with Crippen molar-refractivity contribution in [2.24, 2.45) is 0 Å². The molecule has 0 N–H and O–H groups in total. The van der Waals surface area contributed by atoms with Crippen LogP contribution < -0.4 is 4.90 Å². The summed E-state index contributed by atoms with van der Waals surface area (Å²) >= 11 is 0. The zero-order chi connectivity index (χ0) is 27.1. The van der Waals surface area contributed by atoms with Gasteiger partial charge in [-0.3, -0.25) is 19.2 Å². The van der Waals surface area contributed by atoms with E-state index in [1.54, 1.807) is 72.1 Å². The molecule has 1 aliphatic heterocycles. The van der Waals surface area contributed by atoms with Gasteiger partial charge in [-0.2, -0.15) is 0 Å². The second kappa shape index (κ2) is 9.49. The lowest BCUT2D eigenvalue weighted by molar-refractivity contribution is -0.121. The average Bonchev–Trinajstić information content (AvgIpc) is 3.16. The molecule has 4 rings (SSSR count). The van der Waals surface area contributed by atoms with E-state index in [1.165, 1.54) is 26.5 Å². The van der Waals surface area contributed by atoms with Gasteiger partial charge in [0.05, 0.1) is 5.52 Å². The van der Waals surface area contributed by atoms with Crippen LogP contribution in [0, 0.1) is 5.82 Å². The summed E-state index contributed by atoms with van der Waals surface area (Å²) in [5, 5.41) is 0.656. The van der Waals surface area contributed by atoms with Gasteiger partial charge in [0.25, 0.3) is 0 Å². The van der Waals surface area contributed by atoms with Crippen LogP contribution in [-0.2, 0) is 14.3 Å². The van der Waals surface area contributed by atoms with Crippen LogP contribution in [0.4, 0.5) is 19.8 Å². The lowest BCUT2D eigenvalue weighted by atomic mass is 10.1. The minimum atomic E-state index is -0.718. The largest absolute Gasteiger partial charge is 0.444 e. The van der Waals surface area contributed by atoms with Crippen LogP contribution in [0.3, 0.4) is 0 Å². The van der Waals surface area contributed by atoms with Crippen LogP contribution in [0.25, 0.3) is 22.0 Å². The molecule has 10 heteroatoms. The van der Waals surface area contributed by atoms with Crippen LogP contribution in [0.2, 0.25) is 0 Å². The summed E-state index contributed by atoms with van der Waals surface area (Å²) in [4.78, 5) is 45.3. The first-order chi connectivity index (χ1) is 17.2. The number of pyridine rings is 1. The summed E-state index contributed by atoms with van der Waals surface area (Å²) < 4.78 is 26.2. The number of carbonyl (C=O) groups is 3. The Morgan fingerprint density at radius 3 is 2.22 bits per heavy atom. The van der Waals surface area contributed by atoms with Crippen LogP contribution in [0.1, 0.15) is 41.5 Å². The van der Waals surface area contributed by atoms with Crippen molar-refractivity contribution in [1.29, 1.82) is 0 Å². The number of hydrogen-bond donors (Lipinski definition) is 0. The lowest BCUT2D eigenvalue weighted by Gasteiger charge is -2.34. The molecule has 2 amide bonds. The summed E-state index contributed by atoms with van der Waals surface area (Å²) in [5.74, 6) is -0.298. The van der Waals surface area contributed by atoms with Crippen LogP contribution in [0.5, 0.6) is 0 Å². The Bertz CT molecular complexity index is 1350. The zero-order valence-electron chi connectivity index (χ0n) is 21.9. The highest BCUT2D eigenvalue weighted by atomic mass is 19.1. The predicted octanol–water partition coefficient (Wildman–Crippen LogP) is 5.21. The van der Waals surface area contributed by atoms with Gasteiger partial charge in [-0.05, 0) is 71.9 Å². The van der Waals surface area contributed by atoms with E-state index in [2.05, 4.69) is 4.98 Å². The van der Waals surface area contributed by atoms with Crippen molar-refractivity contribution in [3.63, 3.8) is 0 Å². The maximum absolute atomic E-state index is 14.0. The molecule has 3 aromatic rings. The van der Waals surface area contributed by atoms with Gasteiger partial charge < -0.3 is 9.47 Å². The standard InChI is InChI=1S/C27H31FN4O5/c1-26(2,3)36-24(34)30-11-12-31(23(33)16-30)22-10-7-17(14-29-22)20-15-32(25(35)37-27(4,5)6)21-13-18(28)8-9-19(20)21/h7-10,13-15H,11-12,16H2,1-6H3. The van der Waals surface area contributed by atoms with E-state index in [4.69, 9.17) is 9.47 Å². The van der Waals surface area contributed by atoms with Crippen molar-refractivity contribution in [3.05, 3.63) is 48.5 Å². The molecule has 196 valence electrons. The number of amides is 2. The Morgan fingerprint density at radius 1 is 0.946 bits per heavy atom. The number of piperazine rings is 1. The highest BCUT2D eigenvalue weighted by molar-refractivity contribution is 6.01. The molecule has 1 saturated heterocycles. The Labute approximate surface area is 214 Å². The van der Waals surface area contributed by atoms with Gasteiger partial charge in [-0.1, -0.05) is 0 Å². The van der Waals surface area contributed by atoms with Gasteiger partial charge in [0.2, 0.25) is 5.91 Å². The highest BCUT2D eigenvalue weighted by Crippen LogP contribution is 2.32. The number of hydrogen-bond acceptors (Lipinski definition) is 6. The normalized spacial score (nSPS) is 14.7. The molecular formula is C27H31FN4O5. The number of aromatic nitrogens is 2. The monoisotopic (exact) mass is 510 g/mol. The summed E-state index contributed by atoms with van der Waals surface area (Å²) in [6.45, 7) is 11.1. The van der Waals surface area contributed by atoms with E-state index in [-0.39, 0.29) is 19.0 Å². The zero-order valence-corrected chi connectivity index (χ0v) is 21.9. The molecule has 1 aliphatic rings. The molecule has 2 aromatic heterocycles. The van der Waals surface area contributed by atoms with E-state index in [0.29, 0.717) is 34.4 Å². The highest BCUT2D eigenvalue weighted by Gasteiger charge is 2.31. The van der Waals surface area contributed by atoms with Crippen molar-refractivity contribution >= 4 is 34.8 Å². The minimum Gasteiger partial charge on any atom is -0.444 e. The summed E-state index contributed by atoms with van der Waals surface area (Å²) in [7, 11) is 0. The van der Waals surface area contributed by atoms with Crippen LogP contribution in [-0.4, -0.2) is 63.4 Å². The SMILES string of the molecule is CC(C)(C)OC(=O)N1CCN(c2ccc(-c3cn(C(=O)OC(C)(C)C)c4cc(F)ccc34)cn2)C(=O)C1. The average molecular weight is 511 g/mol. The number of anilines is 1. The lowest BCUT2D eigenvalue weighted by Crippen LogP contribution is -2.53. The number of nitrogens with zero attached hydrogens (tertiary/aromatic N) is 4. The Hall–Kier alpha value is -3.95. The number of fused-ring (bicyclic) bond motifs is 1. The fraction of sp³-hybridized carbons (Fsp3) is 0.407. The molecule has 0 bridgehead atoms. The molecule has 3 heterocycles. The van der Waals surface area contributed by atoms with E-state index in [9.17, 15) is 18.8 Å². The molecule has 0 atom stereocenters. The Kier molecular flexibility index (Phi) is 6.70. The van der Waals surface area contributed by atoms with Gasteiger partial charge in [-0.25, -0.2) is 19.0 Å². The Morgan fingerprint density at radius 2 is 1.62 bits per heavy atom. The van der Waals surface area contributed by atoms with E-state index >= 15 is 0 Å². The molecule has 1 aromatic carbocycles. The molecule has 0 radical (unpaired) electrons. The quantitative estimate of drug-likeness (QED) is 0.470. The second-order valence-electron chi connectivity index (χ2n) is 10.9. The van der Waals surface area contributed by atoms with E-state index in [1.807, 2.05) is 0 Å². The predicted molar refractivity (Wildman–Crippen MR) is 137 cm³/mol. The van der Waals surface area contributed by atoms with Crippen molar-refractivity contribution in [1.82, 2.24) is 14.5 Å². The van der Waals surface area contributed by atoms with Gasteiger partial charge in [-0.15, -0.1) is 0 Å². The topological polar surface area (TPSA) is 94.0 Å². The van der Waals surface area contributed by atoms with Crippen LogP contribution >= 0.6 is 0 Å². The van der Waals surface area contributed by atoms with Crippen molar-refractivity contribution in [3.8, 4) is 11.1 Å². The van der Waals surface area contributed by atoms with Gasteiger partial charge in [0.15, 0.2) is 0 Å². The fourth-order valence-electron chi connectivity index (χ4n) is 4.00. The van der Waals surface area contributed by atoms with Gasteiger partial charge in [0, 0.05) is 42.0 Å². The summed E-state index contributed by atoms with van der Waals surface area (Å²) in [6.07, 6.45) is 2.05. The van der Waals surface area contributed by atoms with E-state index < -0.39 is 29.2 Å². The van der Waals surface area contributed by atoms with Crippen molar-refractivity contribution in [2.75, 3.05) is 24.5 Å². The third kappa shape index (κ3) is 5.90. The van der Waals surface area contributed by atoms with Crippen LogP contribution in [0.15, 0.2) is 42.7 Å². The molecule has 0 spiro atoms. The fourth-order valence-corrected chi connectivity index (χ4v) is 4.00. The Balaban J connectivity index is 1.57. The smallest absolute Gasteiger partial charge is 0.419 e. The first kappa shape index (κ1) is 26.1. The maximum Gasteiger partial charge on any atom is 0.419 e. The second-order valence-corrected chi connectivity index (χ2v) is 10.9.